The first-order chi connectivity index (χ1) is 11.6. The van der Waals surface area contributed by atoms with E-state index in [0.29, 0.717) is 26.3 Å². The molecule has 0 aromatic heterocycles. The molecule has 24 heavy (non-hydrogen) atoms. The van der Waals surface area contributed by atoms with Gasteiger partial charge in [0.1, 0.15) is 12.6 Å². The minimum atomic E-state index is -1.14. The molecule has 0 saturated carbocycles. The lowest BCUT2D eigenvalue weighted by Crippen LogP contribution is -2.54. The van der Waals surface area contributed by atoms with Crippen LogP contribution < -0.4 is 10.6 Å². The zero-order valence-electron chi connectivity index (χ0n) is 13.2. The van der Waals surface area contributed by atoms with Crippen molar-refractivity contribution in [2.24, 2.45) is 0 Å². The maximum Gasteiger partial charge on any atom is 0.322 e. The second-order valence-electron chi connectivity index (χ2n) is 5.40. The van der Waals surface area contributed by atoms with E-state index >= 15 is 0 Å². The SMILES string of the molecule is O=C(O)CNC(=O)[C@H](Cc1ccccc1)NC(=O)N1CCOCC1. The molecule has 1 aromatic rings. The van der Waals surface area contributed by atoms with Crippen molar-refractivity contribution >= 4 is 17.9 Å². The topological polar surface area (TPSA) is 108 Å². The summed E-state index contributed by atoms with van der Waals surface area (Å²) in [7, 11) is 0. The van der Waals surface area contributed by atoms with Gasteiger partial charge >= 0.3 is 12.0 Å². The van der Waals surface area contributed by atoms with Crippen LogP contribution in [0, 0.1) is 0 Å². The molecule has 3 amide bonds. The van der Waals surface area contributed by atoms with E-state index in [1.54, 1.807) is 4.90 Å². The largest absolute Gasteiger partial charge is 0.480 e. The Kier molecular flexibility index (Phi) is 6.56. The first-order valence-electron chi connectivity index (χ1n) is 7.73. The fraction of sp³-hybridized carbons (Fsp3) is 0.438. The van der Waals surface area contributed by atoms with Crippen molar-refractivity contribution in [2.75, 3.05) is 32.8 Å². The normalized spacial score (nSPS) is 15.4. The van der Waals surface area contributed by atoms with Gasteiger partial charge in [0.25, 0.3) is 0 Å². The van der Waals surface area contributed by atoms with E-state index in [0.717, 1.165) is 5.56 Å². The van der Waals surface area contributed by atoms with Crippen LogP contribution in [0.4, 0.5) is 4.79 Å². The number of amides is 3. The average molecular weight is 335 g/mol. The molecule has 130 valence electrons. The molecule has 8 heteroatoms. The molecule has 1 heterocycles. The number of carboxylic acids is 1. The van der Waals surface area contributed by atoms with Crippen LogP contribution in [0.5, 0.6) is 0 Å². The van der Waals surface area contributed by atoms with E-state index in [9.17, 15) is 14.4 Å². The number of nitrogens with zero attached hydrogens (tertiary/aromatic N) is 1. The summed E-state index contributed by atoms with van der Waals surface area (Å²) in [6, 6.07) is 8.02. The second-order valence-corrected chi connectivity index (χ2v) is 5.40. The predicted octanol–water partition coefficient (Wildman–Crippen LogP) is -0.160. The predicted molar refractivity (Wildman–Crippen MR) is 85.5 cm³/mol. The molecule has 0 unspecified atom stereocenters. The Morgan fingerprint density at radius 1 is 1.17 bits per heavy atom. The fourth-order valence-corrected chi connectivity index (χ4v) is 2.35. The highest BCUT2D eigenvalue weighted by molar-refractivity contribution is 5.89. The van der Waals surface area contributed by atoms with Crippen molar-refractivity contribution in [1.82, 2.24) is 15.5 Å². The van der Waals surface area contributed by atoms with Crippen molar-refractivity contribution in [3.63, 3.8) is 0 Å². The molecular formula is C16H21N3O5. The van der Waals surface area contributed by atoms with Gasteiger partial charge in [-0.2, -0.15) is 0 Å². The van der Waals surface area contributed by atoms with Gasteiger partial charge < -0.3 is 25.4 Å². The Labute approximate surface area is 139 Å². The number of carboxylic acid groups (broad SMARTS) is 1. The molecule has 1 fully saturated rings. The number of rotatable bonds is 6. The third kappa shape index (κ3) is 5.54. The third-order valence-electron chi connectivity index (χ3n) is 3.61. The van der Waals surface area contributed by atoms with Crippen molar-refractivity contribution in [3.05, 3.63) is 35.9 Å². The maximum atomic E-state index is 12.3. The van der Waals surface area contributed by atoms with Gasteiger partial charge in [-0.3, -0.25) is 9.59 Å². The van der Waals surface area contributed by atoms with E-state index in [4.69, 9.17) is 9.84 Å². The van der Waals surface area contributed by atoms with Crippen molar-refractivity contribution in [1.29, 1.82) is 0 Å². The van der Waals surface area contributed by atoms with Crippen LogP contribution in [0.2, 0.25) is 0 Å². The molecule has 1 saturated heterocycles. The molecule has 1 atom stereocenters. The minimum absolute atomic E-state index is 0.280. The molecule has 0 aliphatic carbocycles. The summed E-state index contributed by atoms with van der Waals surface area (Å²) in [5, 5.41) is 13.7. The van der Waals surface area contributed by atoms with Crippen LogP contribution in [0.15, 0.2) is 30.3 Å². The number of hydrogen-bond donors (Lipinski definition) is 3. The van der Waals surface area contributed by atoms with Gasteiger partial charge in [-0.15, -0.1) is 0 Å². The van der Waals surface area contributed by atoms with Gasteiger partial charge in [0.15, 0.2) is 0 Å². The summed E-state index contributed by atoms with van der Waals surface area (Å²) >= 11 is 0. The highest BCUT2D eigenvalue weighted by atomic mass is 16.5. The molecule has 0 spiro atoms. The number of ether oxygens (including phenoxy) is 1. The van der Waals surface area contributed by atoms with Crippen LogP contribution in [-0.4, -0.2) is 66.8 Å². The Morgan fingerprint density at radius 3 is 2.46 bits per heavy atom. The quantitative estimate of drug-likeness (QED) is 0.669. The molecule has 8 nitrogen and oxygen atoms in total. The van der Waals surface area contributed by atoms with Gasteiger partial charge in [0.2, 0.25) is 5.91 Å². The number of urea groups is 1. The average Bonchev–Trinajstić information content (AvgIpc) is 2.60. The van der Waals surface area contributed by atoms with Crippen LogP contribution >= 0.6 is 0 Å². The Bertz CT molecular complexity index is 572. The summed E-state index contributed by atoms with van der Waals surface area (Å²) in [6.45, 7) is 1.35. The van der Waals surface area contributed by atoms with E-state index in [1.165, 1.54) is 0 Å². The Hall–Kier alpha value is -2.61. The highest BCUT2D eigenvalue weighted by Gasteiger charge is 2.25. The number of carbonyl (C=O) groups is 3. The zero-order valence-corrected chi connectivity index (χ0v) is 13.2. The monoisotopic (exact) mass is 335 g/mol. The molecule has 0 radical (unpaired) electrons. The smallest absolute Gasteiger partial charge is 0.322 e. The Morgan fingerprint density at radius 2 is 1.83 bits per heavy atom. The number of hydrogen-bond acceptors (Lipinski definition) is 4. The summed E-state index contributed by atoms with van der Waals surface area (Å²) in [5.74, 6) is -1.66. The van der Waals surface area contributed by atoms with Crippen LogP contribution in [-0.2, 0) is 20.7 Å². The summed E-state index contributed by atoms with van der Waals surface area (Å²) < 4.78 is 5.20. The molecule has 1 aliphatic heterocycles. The van der Waals surface area contributed by atoms with Crippen molar-refractivity contribution < 1.29 is 24.2 Å². The van der Waals surface area contributed by atoms with E-state index < -0.39 is 24.5 Å². The first-order valence-corrected chi connectivity index (χ1v) is 7.73. The third-order valence-corrected chi connectivity index (χ3v) is 3.61. The fourth-order valence-electron chi connectivity index (χ4n) is 2.35. The minimum Gasteiger partial charge on any atom is -0.480 e. The number of aliphatic carboxylic acids is 1. The lowest BCUT2D eigenvalue weighted by molar-refractivity contribution is -0.138. The first kappa shape index (κ1) is 17.7. The van der Waals surface area contributed by atoms with E-state index in [2.05, 4.69) is 10.6 Å². The summed E-state index contributed by atoms with van der Waals surface area (Å²) in [6.07, 6.45) is 0.280. The zero-order chi connectivity index (χ0) is 17.4. The van der Waals surface area contributed by atoms with E-state index in [1.807, 2.05) is 30.3 Å². The van der Waals surface area contributed by atoms with Crippen LogP contribution in [0.1, 0.15) is 5.56 Å². The second kappa shape index (κ2) is 8.88. The van der Waals surface area contributed by atoms with Crippen LogP contribution in [0.25, 0.3) is 0 Å². The van der Waals surface area contributed by atoms with Gasteiger partial charge in [-0.25, -0.2) is 4.79 Å². The molecule has 0 bridgehead atoms. The van der Waals surface area contributed by atoms with Gasteiger partial charge in [-0.1, -0.05) is 30.3 Å². The Balaban J connectivity index is 2.01. The molecule has 2 rings (SSSR count). The number of carbonyl (C=O) groups excluding carboxylic acids is 2. The van der Waals surface area contributed by atoms with Crippen LogP contribution in [0.3, 0.4) is 0 Å². The number of benzene rings is 1. The van der Waals surface area contributed by atoms with Gasteiger partial charge in [0.05, 0.1) is 13.2 Å². The molecule has 1 aromatic carbocycles. The standard InChI is InChI=1S/C16H21N3O5/c20-14(21)11-17-15(22)13(10-12-4-2-1-3-5-12)18-16(23)19-6-8-24-9-7-19/h1-5,13H,6-11H2,(H,17,22)(H,18,23)(H,20,21)/t13-/m0/s1. The lowest BCUT2D eigenvalue weighted by Gasteiger charge is -2.29. The molecule has 1 aliphatic rings. The highest BCUT2D eigenvalue weighted by Crippen LogP contribution is 2.05. The summed E-state index contributed by atoms with van der Waals surface area (Å²) in [4.78, 5) is 36.7. The number of morpholine rings is 1. The van der Waals surface area contributed by atoms with Crippen molar-refractivity contribution in [3.8, 4) is 0 Å². The lowest BCUT2D eigenvalue weighted by atomic mass is 10.1. The van der Waals surface area contributed by atoms with Crippen molar-refractivity contribution in [2.45, 2.75) is 12.5 Å². The molecule has 3 N–H and O–H groups in total. The van der Waals surface area contributed by atoms with Gasteiger partial charge in [-0.05, 0) is 5.56 Å². The van der Waals surface area contributed by atoms with Gasteiger partial charge in [0, 0.05) is 19.5 Å². The van der Waals surface area contributed by atoms with E-state index in [-0.39, 0.29) is 12.5 Å². The maximum absolute atomic E-state index is 12.3. The summed E-state index contributed by atoms with van der Waals surface area (Å²) in [5.41, 5.74) is 0.871. The molecular weight excluding hydrogens is 314 g/mol. The number of nitrogens with one attached hydrogen (secondary N) is 2.